The number of piperazine rings is 1. The Morgan fingerprint density at radius 2 is 1.64 bits per heavy atom. The average molecular weight is 348 g/mol. The average Bonchev–Trinajstić information content (AvgIpc) is 2.61. The first-order valence-corrected chi connectivity index (χ1v) is 8.44. The quantitative estimate of drug-likeness (QED) is 0.739. The molecule has 1 aliphatic rings. The summed E-state index contributed by atoms with van der Waals surface area (Å²) in [5.41, 5.74) is 2.08. The smallest absolute Gasteiger partial charge is 0.246 e. The maximum absolute atomic E-state index is 12.1. The van der Waals surface area contributed by atoms with Gasteiger partial charge in [-0.2, -0.15) is 0 Å². The summed E-state index contributed by atoms with van der Waals surface area (Å²) in [5, 5.41) is 0. The molecule has 0 N–H and O–H groups in total. The van der Waals surface area contributed by atoms with Gasteiger partial charge in [-0.3, -0.25) is 9.69 Å². The first-order valence-electron chi connectivity index (χ1n) is 8.44. The van der Waals surface area contributed by atoms with Gasteiger partial charge < -0.3 is 19.1 Å². The summed E-state index contributed by atoms with van der Waals surface area (Å²) in [4.78, 5) is 16.3. The van der Waals surface area contributed by atoms with Gasteiger partial charge in [0.1, 0.15) is 0 Å². The molecular weight excluding hydrogens is 320 g/mol. The zero-order chi connectivity index (χ0) is 18.4. The highest BCUT2D eigenvalue weighted by atomic mass is 16.5. The van der Waals surface area contributed by atoms with Crippen molar-refractivity contribution in [1.29, 1.82) is 0 Å². The number of allylic oxidation sites excluding steroid dienone is 1. The Morgan fingerprint density at radius 1 is 1.00 bits per heavy atom. The van der Waals surface area contributed by atoms with Crippen LogP contribution in [0.4, 0.5) is 0 Å². The summed E-state index contributed by atoms with van der Waals surface area (Å²) < 4.78 is 16.3. The van der Waals surface area contributed by atoms with Gasteiger partial charge in [0, 0.05) is 44.4 Å². The van der Waals surface area contributed by atoms with Crippen molar-refractivity contribution >= 4 is 5.91 Å². The van der Waals surface area contributed by atoms with E-state index in [1.807, 2.05) is 30.9 Å². The van der Waals surface area contributed by atoms with Gasteiger partial charge in [0.15, 0.2) is 11.5 Å². The van der Waals surface area contributed by atoms with Crippen LogP contribution in [0.3, 0.4) is 0 Å². The maximum atomic E-state index is 12.1. The van der Waals surface area contributed by atoms with Crippen LogP contribution in [-0.2, 0) is 11.3 Å². The summed E-state index contributed by atoms with van der Waals surface area (Å²) in [7, 11) is 4.86. The van der Waals surface area contributed by atoms with Crippen molar-refractivity contribution in [3.63, 3.8) is 0 Å². The molecule has 0 spiro atoms. The Kier molecular flexibility index (Phi) is 6.70. The number of ether oxygens (including phenoxy) is 3. The Morgan fingerprint density at radius 3 is 2.16 bits per heavy atom. The number of amides is 1. The lowest BCUT2D eigenvalue weighted by Gasteiger charge is -2.34. The lowest BCUT2D eigenvalue weighted by molar-refractivity contribution is -0.127. The Bertz CT molecular complexity index is 631. The third-order valence-electron chi connectivity index (χ3n) is 4.28. The molecule has 25 heavy (non-hydrogen) atoms. The van der Waals surface area contributed by atoms with Crippen LogP contribution in [0.2, 0.25) is 0 Å². The third-order valence-corrected chi connectivity index (χ3v) is 4.28. The van der Waals surface area contributed by atoms with Crippen LogP contribution in [0.15, 0.2) is 23.8 Å². The van der Waals surface area contributed by atoms with Crippen LogP contribution < -0.4 is 14.2 Å². The Balaban J connectivity index is 2.05. The summed E-state index contributed by atoms with van der Waals surface area (Å²) in [6.07, 6.45) is 1.70. The molecule has 6 heteroatoms. The van der Waals surface area contributed by atoms with Crippen LogP contribution in [0.1, 0.15) is 19.4 Å². The SMILES string of the molecule is COc1ccc(CN2CCN(C(=O)C=C(C)C)CC2)c(OC)c1OC. The number of carbonyl (C=O) groups is 1. The van der Waals surface area contributed by atoms with E-state index in [9.17, 15) is 4.79 Å². The van der Waals surface area contributed by atoms with Crippen molar-refractivity contribution in [3.05, 3.63) is 29.3 Å². The number of hydrogen-bond donors (Lipinski definition) is 0. The molecule has 1 heterocycles. The zero-order valence-corrected chi connectivity index (χ0v) is 15.8. The number of nitrogens with zero attached hydrogens (tertiary/aromatic N) is 2. The lowest BCUT2D eigenvalue weighted by atomic mass is 10.1. The van der Waals surface area contributed by atoms with E-state index in [1.165, 1.54) is 0 Å². The molecule has 0 aromatic heterocycles. The number of benzene rings is 1. The predicted octanol–water partition coefficient (Wildman–Crippen LogP) is 2.32. The van der Waals surface area contributed by atoms with E-state index in [-0.39, 0.29) is 5.91 Å². The molecule has 1 aromatic rings. The minimum atomic E-state index is 0.100. The fourth-order valence-electron chi connectivity index (χ4n) is 2.99. The molecular formula is C19H28N2O4. The van der Waals surface area contributed by atoms with Crippen LogP contribution >= 0.6 is 0 Å². The molecule has 1 amide bonds. The van der Waals surface area contributed by atoms with Gasteiger partial charge in [-0.05, 0) is 19.9 Å². The topological polar surface area (TPSA) is 51.2 Å². The molecule has 1 aliphatic heterocycles. The number of methoxy groups -OCH3 is 3. The standard InChI is InChI=1S/C19H28N2O4/c1-14(2)12-17(22)21-10-8-20(9-11-21)13-15-6-7-16(23-3)19(25-5)18(15)24-4/h6-7,12H,8-11,13H2,1-5H3. The van der Waals surface area contributed by atoms with Crippen molar-refractivity contribution in [2.75, 3.05) is 47.5 Å². The second-order valence-corrected chi connectivity index (χ2v) is 6.32. The van der Waals surface area contributed by atoms with Crippen molar-refractivity contribution in [2.45, 2.75) is 20.4 Å². The number of carbonyl (C=O) groups excluding carboxylic acids is 1. The van der Waals surface area contributed by atoms with Crippen molar-refractivity contribution in [2.24, 2.45) is 0 Å². The van der Waals surface area contributed by atoms with Crippen LogP contribution in [0.25, 0.3) is 0 Å². The zero-order valence-electron chi connectivity index (χ0n) is 15.8. The van der Waals surface area contributed by atoms with Gasteiger partial charge in [-0.25, -0.2) is 0 Å². The van der Waals surface area contributed by atoms with E-state index in [0.717, 1.165) is 43.9 Å². The van der Waals surface area contributed by atoms with Crippen molar-refractivity contribution in [3.8, 4) is 17.2 Å². The third kappa shape index (κ3) is 4.66. The van der Waals surface area contributed by atoms with Gasteiger partial charge in [0.25, 0.3) is 0 Å². The predicted molar refractivity (Wildman–Crippen MR) is 97.4 cm³/mol. The van der Waals surface area contributed by atoms with Crippen LogP contribution in [-0.4, -0.2) is 63.2 Å². The normalized spacial score (nSPS) is 14.8. The Hall–Kier alpha value is -2.21. The van der Waals surface area contributed by atoms with E-state index in [1.54, 1.807) is 27.4 Å². The molecule has 2 rings (SSSR count). The molecule has 1 saturated heterocycles. The van der Waals surface area contributed by atoms with Crippen LogP contribution in [0, 0.1) is 0 Å². The first kappa shape index (κ1) is 19.1. The molecule has 1 aromatic carbocycles. The van der Waals surface area contributed by atoms with Gasteiger partial charge in [0.2, 0.25) is 11.7 Å². The number of hydrogen-bond acceptors (Lipinski definition) is 5. The minimum Gasteiger partial charge on any atom is -0.493 e. The van der Waals surface area contributed by atoms with Gasteiger partial charge in [-0.1, -0.05) is 11.6 Å². The fourth-order valence-corrected chi connectivity index (χ4v) is 2.99. The van der Waals surface area contributed by atoms with Gasteiger partial charge in [0.05, 0.1) is 21.3 Å². The highest BCUT2D eigenvalue weighted by Gasteiger charge is 2.22. The molecule has 0 aliphatic carbocycles. The van der Waals surface area contributed by atoms with E-state index in [4.69, 9.17) is 14.2 Å². The summed E-state index contributed by atoms with van der Waals surface area (Å²) >= 11 is 0. The molecule has 138 valence electrons. The molecule has 0 saturated carbocycles. The molecule has 6 nitrogen and oxygen atoms in total. The maximum Gasteiger partial charge on any atom is 0.246 e. The second-order valence-electron chi connectivity index (χ2n) is 6.32. The van der Waals surface area contributed by atoms with E-state index >= 15 is 0 Å². The molecule has 0 bridgehead atoms. The van der Waals surface area contributed by atoms with Crippen LogP contribution in [0.5, 0.6) is 17.2 Å². The second kappa shape index (κ2) is 8.76. The summed E-state index contributed by atoms with van der Waals surface area (Å²) in [6.45, 7) is 7.76. The lowest BCUT2D eigenvalue weighted by Crippen LogP contribution is -2.47. The molecule has 0 atom stereocenters. The molecule has 0 radical (unpaired) electrons. The molecule has 0 unspecified atom stereocenters. The monoisotopic (exact) mass is 348 g/mol. The van der Waals surface area contributed by atoms with E-state index in [0.29, 0.717) is 17.2 Å². The highest BCUT2D eigenvalue weighted by Crippen LogP contribution is 2.40. The first-order chi connectivity index (χ1) is 12.0. The van der Waals surface area contributed by atoms with E-state index in [2.05, 4.69) is 4.90 Å². The largest absolute Gasteiger partial charge is 0.493 e. The number of rotatable bonds is 6. The summed E-state index contributed by atoms with van der Waals surface area (Å²) in [6, 6.07) is 3.90. The van der Waals surface area contributed by atoms with E-state index < -0.39 is 0 Å². The Labute approximate surface area is 150 Å². The highest BCUT2D eigenvalue weighted by molar-refractivity contribution is 5.88. The van der Waals surface area contributed by atoms with Gasteiger partial charge >= 0.3 is 0 Å². The van der Waals surface area contributed by atoms with Gasteiger partial charge in [-0.15, -0.1) is 0 Å². The fraction of sp³-hybridized carbons (Fsp3) is 0.526. The van der Waals surface area contributed by atoms with Crippen molar-refractivity contribution < 1.29 is 19.0 Å². The summed E-state index contributed by atoms with van der Waals surface area (Å²) in [5.74, 6) is 2.06. The van der Waals surface area contributed by atoms with Crippen molar-refractivity contribution in [1.82, 2.24) is 9.80 Å². The minimum absolute atomic E-state index is 0.100. The molecule has 1 fully saturated rings.